The van der Waals surface area contributed by atoms with Crippen LogP contribution in [0.1, 0.15) is 83.1 Å². The lowest BCUT2D eigenvalue weighted by atomic mass is 9.89. The van der Waals surface area contributed by atoms with Crippen LogP contribution in [0.2, 0.25) is 0 Å². The minimum absolute atomic E-state index is 0.339. The van der Waals surface area contributed by atoms with Crippen LogP contribution in [-0.2, 0) is 5.67 Å². The first-order valence-electron chi connectivity index (χ1n) is 18.2. The topological polar surface area (TPSA) is 22.8 Å². The number of rotatable bonds is 7. The Labute approximate surface area is 298 Å². The molecule has 0 N–H and O–H groups in total. The molecule has 0 amide bonds. The van der Waals surface area contributed by atoms with Gasteiger partial charge in [0.15, 0.2) is 0 Å². The van der Waals surface area contributed by atoms with E-state index in [0.717, 1.165) is 72.5 Å². The predicted octanol–water partition coefficient (Wildman–Crippen LogP) is 13.7. The third-order valence-electron chi connectivity index (χ3n) is 9.60. The van der Waals surface area contributed by atoms with E-state index >= 15 is 4.39 Å². The fourth-order valence-corrected chi connectivity index (χ4v) is 6.59. The molecule has 2 aromatic heterocycles. The van der Waals surface area contributed by atoms with Crippen molar-refractivity contribution < 1.29 is 4.39 Å². The molecule has 0 aliphatic heterocycles. The molecular weight excluding hydrogens is 614 g/mol. The largest absolute Gasteiger partial charge is 0.309 e. The van der Waals surface area contributed by atoms with Crippen LogP contribution < -0.4 is 0 Å². The molecule has 0 fully saturated rings. The van der Waals surface area contributed by atoms with Crippen molar-refractivity contribution in [2.24, 2.45) is 0 Å². The summed E-state index contributed by atoms with van der Waals surface area (Å²) in [4.78, 5) is 5.32. The van der Waals surface area contributed by atoms with Crippen LogP contribution in [0.3, 0.4) is 0 Å². The minimum Gasteiger partial charge on any atom is -0.309 e. The van der Waals surface area contributed by atoms with Crippen LogP contribution in [0.25, 0.3) is 55.8 Å². The lowest BCUT2D eigenvalue weighted by molar-refractivity contribution is 0.186. The summed E-state index contributed by atoms with van der Waals surface area (Å²) in [6.07, 6.45) is 5.10. The average Bonchev–Trinajstić information content (AvgIpc) is 3.72. The van der Waals surface area contributed by atoms with Crippen LogP contribution >= 0.6 is 0 Å². The van der Waals surface area contributed by atoms with Gasteiger partial charge in [0.2, 0.25) is 0 Å². The van der Waals surface area contributed by atoms with Gasteiger partial charge >= 0.3 is 0 Å². The van der Waals surface area contributed by atoms with Gasteiger partial charge in [-0.05, 0) is 81.1 Å². The van der Waals surface area contributed by atoms with E-state index in [9.17, 15) is 0 Å². The molecule has 7 rings (SSSR count). The molecule has 7 aromatic rings. The summed E-state index contributed by atoms with van der Waals surface area (Å²) in [6, 6.07) is 37.7. The third-order valence-corrected chi connectivity index (χ3v) is 9.60. The molecule has 0 spiro atoms. The third kappa shape index (κ3) is 6.89. The highest BCUT2D eigenvalue weighted by Gasteiger charge is 2.31. The van der Waals surface area contributed by atoms with Gasteiger partial charge < -0.3 is 4.57 Å². The van der Waals surface area contributed by atoms with Crippen molar-refractivity contribution >= 4 is 21.8 Å². The van der Waals surface area contributed by atoms with Crippen LogP contribution in [0.15, 0.2) is 115 Å². The fourth-order valence-electron chi connectivity index (χ4n) is 6.59. The summed E-state index contributed by atoms with van der Waals surface area (Å²) in [5, 5.41) is 2.20. The van der Waals surface area contributed by atoms with E-state index in [1.54, 1.807) is 6.92 Å². The standard InChI is InChI=1S/C40H36FN3.C4H10.C2H6/c1-6-40(5,41)34-24-37-32(31-21-12-13-22-36(31)44(37)29-18-8-7-9-19-29)23-33(34)39-42-35(30-20-11-10-15-26(30)2)25-43(39)38-27(3)16-14-17-28(38)4;1-3-4-2;1-2/h7-25H,6H2,1-5H3;3-4H2,1-2H3;1-2H3. The summed E-state index contributed by atoms with van der Waals surface area (Å²) in [5.41, 5.74) is 9.44. The van der Waals surface area contributed by atoms with Gasteiger partial charge in [-0.3, -0.25) is 4.57 Å². The van der Waals surface area contributed by atoms with Gasteiger partial charge in [-0.25, -0.2) is 9.37 Å². The summed E-state index contributed by atoms with van der Waals surface area (Å²) in [5.74, 6) is 0.742. The van der Waals surface area contributed by atoms with Crippen LogP contribution in [0, 0.1) is 20.8 Å². The number of nitrogens with zero attached hydrogens (tertiary/aromatic N) is 3. The zero-order chi connectivity index (χ0) is 36.0. The quantitative estimate of drug-likeness (QED) is 0.166. The summed E-state index contributed by atoms with van der Waals surface area (Å²) >= 11 is 0. The second-order valence-electron chi connectivity index (χ2n) is 13.0. The van der Waals surface area contributed by atoms with Gasteiger partial charge in [-0.15, -0.1) is 0 Å². The van der Waals surface area contributed by atoms with E-state index < -0.39 is 5.67 Å². The van der Waals surface area contributed by atoms with Crippen LogP contribution in [-0.4, -0.2) is 14.1 Å². The zero-order valence-corrected chi connectivity index (χ0v) is 31.3. The normalized spacial score (nSPS) is 12.2. The molecular formula is C46H52FN3. The average molecular weight is 666 g/mol. The Morgan fingerprint density at radius 2 is 1.24 bits per heavy atom. The Balaban J connectivity index is 0.000000758. The second-order valence-corrected chi connectivity index (χ2v) is 13.0. The molecule has 0 radical (unpaired) electrons. The molecule has 0 saturated carbocycles. The number of hydrogen-bond donors (Lipinski definition) is 0. The molecule has 2 heterocycles. The molecule has 0 saturated heterocycles. The van der Waals surface area contributed by atoms with Gasteiger partial charge in [-0.1, -0.05) is 126 Å². The highest BCUT2D eigenvalue weighted by molar-refractivity contribution is 6.11. The summed E-state index contributed by atoms with van der Waals surface area (Å²) in [6.45, 7) is 18.3. The van der Waals surface area contributed by atoms with Crippen molar-refractivity contribution in [3.63, 3.8) is 0 Å². The first-order chi connectivity index (χ1) is 24.2. The number of hydrogen-bond acceptors (Lipinski definition) is 1. The second kappa shape index (κ2) is 15.7. The van der Waals surface area contributed by atoms with Crippen molar-refractivity contribution in [1.29, 1.82) is 0 Å². The summed E-state index contributed by atoms with van der Waals surface area (Å²) in [7, 11) is 0. The number of benzene rings is 5. The number of unbranched alkanes of at least 4 members (excludes halogenated alkanes) is 1. The molecule has 1 unspecified atom stereocenters. The Morgan fingerprint density at radius 3 is 1.88 bits per heavy atom. The molecule has 5 aromatic carbocycles. The highest BCUT2D eigenvalue weighted by atomic mass is 19.1. The first kappa shape index (κ1) is 36.3. The number of aryl methyl sites for hydroxylation is 3. The molecule has 0 bridgehead atoms. The van der Waals surface area contributed by atoms with Gasteiger partial charge in [-0.2, -0.15) is 0 Å². The van der Waals surface area contributed by atoms with Crippen molar-refractivity contribution in [1.82, 2.24) is 14.1 Å². The van der Waals surface area contributed by atoms with E-state index in [1.807, 2.05) is 51.1 Å². The number of halogens is 1. The van der Waals surface area contributed by atoms with E-state index in [0.29, 0.717) is 12.0 Å². The number of para-hydroxylation sites is 3. The van der Waals surface area contributed by atoms with Crippen molar-refractivity contribution in [3.8, 4) is 34.0 Å². The molecule has 258 valence electrons. The van der Waals surface area contributed by atoms with Gasteiger partial charge in [0.25, 0.3) is 0 Å². The highest BCUT2D eigenvalue weighted by Crippen LogP contribution is 2.44. The Bertz CT molecular complexity index is 2180. The van der Waals surface area contributed by atoms with Crippen LogP contribution in [0.5, 0.6) is 0 Å². The smallest absolute Gasteiger partial charge is 0.145 e. The fraction of sp³-hybridized carbons (Fsp3) is 0.283. The maximum Gasteiger partial charge on any atom is 0.145 e. The first-order valence-corrected chi connectivity index (χ1v) is 18.2. The number of imidazole rings is 1. The molecule has 50 heavy (non-hydrogen) atoms. The molecule has 0 aliphatic carbocycles. The minimum atomic E-state index is -1.58. The van der Waals surface area contributed by atoms with Crippen LogP contribution in [0.4, 0.5) is 4.39 Å². The zero-order valence-electron chi connectivity index (χ0n) is 31.3. The van der Waals surface area contributed by atoms with Crippen molar-refractivity contribution in [3.05, 3.63) is 138 Å². The molecule has 3 nitrogen and oxygen atoms in total. The van der Waals surface area contributed by atoms with E-state index in [1.165, 1.54) is 12.8 Å². The molecule has 4 heteroatoms. The molecule has 0 aliphatic rings. The number of aromatic nitrogens is 3. The van der Waals surface area contributed by atoms with Gasteiger partial charge in [0.1, 0.15) is 11.5 Å². The number of alkyl halides is 1. The van der Waals surface area contributed by atoms with E-state index in [4.69, 9.17) is 4.98 Å². The van der Waals surface area contributed by atoms with Crippen molar-refractivity contribution in [2.45, 2.75) is 87.2 Å². The Morgan fingerprint density at radius 1 is 0.640 bits per heavy atom. The maximum absolute atomic E-state index is 16.9. The lowest BCUT2D eigenvalue weighted by Crippen LogP contribution is -2.16. The predicted molar refractivity (Wildman–Crippen MR) is 214 cm³/mol. The Kier molecular flexibility index (Phi) is 11.4. The van der Waals surface area contributed by atoms with Gasteiger partial charge in [0.05, 0.1) is 22.4 Å². The molecule has 1 atom stereocenters. The summed E-state index contributed by atoms with van der Waals surface area (Å²) < 4.78 is 21.3. The van der Waals surface area contributed by atoms with E-state index in [2.05, 4.69) is 129 Å². The van der Waals surface area contributed by atoms with Gasteiger partial charge in [0, 0.05) is 39.3 Å². The Hall–Kier alpha value is -4.96. The number of fused-ring (bicyclic) bond motifs is 3. The maximum atomic E-state index is 16.9. The van der Waals surface area contributed by atoms with E-state index in [-0.39, 0.29) is 0 Å². The monoisotopic (exact) mass is 665 g/mol. The van der Waals surface area contributed by atoms with Crippen molar-refractivity contribution in [2.75, 3.05) is 0 Å². The lowest BCUT2D eigenvalue weighted by Gasteiger charge is -2.24. The SMILES string of the molecule is CC.CCC(C)(F)c1cc2c(cc1-c1nc(-c3ccccc3C)cn1-c1c(C)cccc1C)c1ccccc1n2-c1ccccc1.CCCC.